The highest BCUT2D eigenvalue weighted by atomic mass is 16.7. The summed E-state index contributed by atoms with van der Waals surface area (Å²) in [6.45, 7) is 5.75. The molecule has 2 aromatic carbocycles. The Morgan fingerprint density at radius 3 is 2.43 bits per heavy atom. The van der Waals surface area contributed by atoms with Crippen LogP contribution >= 0.6 is 0 Å². The van der Waals surface area contributed by atoms with Gasteiger partial charge in [0.05, 0.1) is 12.5 Å². The van der Waals surface area contributed by atoms with Gasteiger partial charge in [0.1, 0.15) is 17.6 Å². The topological polar surface area (TPSA) is 103 Å². The van der Waals surface area contributed by atoms with Crippen molar-refractivity contribution in [2.75, 3.05) is 19.7 Å². The number of hydrogen-bond acceptors (Lipinski definition) is 7. The summed E-state index contributed by atoms with van der Waals surface area (Å²) in [4.78, 5) is 18.0. The van der Waals surface area contributed by atoms with Crippen molar-refractivity contribution >= 4 is 5.97 Å². The molecule has 2 aromatic heterocycles. The lowest BCUT2D eigenvalue weighted by atomic mass is 9.97. The number of carbonyl (C=O) groups is 1. The zero-order chi connectivity index (χ0) is 30.3. The van der Waals surface area contributed by atoms with Crippen molar-refractivity contribution in [1.82, 2.24) is 19.6 Å². The molecule has 4 heterocycles. The van der Waals surface area contributed by atoms with Crippen LogP contribution < -0.4 is 0 Å². The zero-order valence-electron chi connectivity index (χ0n) is 25.0. The number of benzene rings is 2. The second-order valence-electron chi connectivity index (χ2n) is 11.6. The number of imidazole rings is 1. The molecule has 44 heavy (non-hydrogen) atoms. The van der Waals surface area contributed by atoms with E-state index in [1.165, 1.54) is 5.56 Å². The van der Waals surface area contributed by atoms with Gasteiger partial charge < -0.3 is 23.7 Å². The van der Waals surface area contributed by atoms with Gasteiger partial charge in [-0.05, 0) is 94.1 Å². The van der Waals surface area contributed by atoms with Gasteiger partial charge in [0.2, 0.25) is 0 Å². The molecule has 1 N–H and O–H groups in total. The summed E-state index contributed by atoms with van der Waals surface area (Å²) >= 11 is 0. The first kappa shape index (κ1) is 29.8. The third-order valence-corrected chi connectivity index (χ3v) is 8.31. The van der Waals surface area contributed by atoms with Crippen LogP contribution in [0.25, 0.3) is 11.3 Å². The highest BCUT2D eigenvalue weighted by Gasteiger charge is 2.24. The molecule has 0 bridgehead atoms. The van der Waals surface area contributed by atoms with Gasteiger partial charge in [-0.1, -0.05) is 29.1 Å². The van der Waals surface area contributed by atoms with Gasteiger partial charge in [0, 0.05) is 48.3 Å². The van der Waals surface area contributed by atoms with Crippen molar-refractivity contribution in [2.24, 2.45) is 5.92 Å². The molecule has 2 aliphatic heterocycles. The molecule has 6 rings (SSSR count). The first-order chi connectivity index (χ1) is 21.5. The minimum atomic E-state index is -0.674. The first-order valence-electron chi connectivity index (χ1n) is 15.4. The molecule has 228 valence electrons. The van der Waals surface area contributed by atoms with Gasteiger partial charge in [0.15, 0.2) is 12.1 Å². The summed E-state index contributed by atoms with van der Waals surface area (Å²) in [6.07, 6.45) is 7.89. The predicted octanol–water partition coefficient (Wildman–Crippen LogP) is 5.89. The molecule has 0 amide bonds. The minimum absolute atomic E-state index is 0.177. The number of aromatic nitrogens is 3. The number of nitrogens with zero attached hydrogens (tertiary/aromatic N) is 4. The summed E-state index contributed by atoms with van der Waals surface area (Å²) in [5.41, 5.74) is 4.81. The van der Waals surface area contributed by atoms with Crippen LogP contribution in [0.4, 0.5) is 0 Å². The van der Waals surface area contributed by atoms with Crippen molar-refractivity contribution in [2.45, 2.75) is 64.5 Å². The SMILES string of the molecule is C[C@H](OC1CCCCO1)c1nccn1Cc1cc(-c2ccc(C#Cc3ccc(CN4CCC(C(=O)O)CC4)cc3)cc2)on1. The lowest BCUT2D eigenvalue weighted by Gasteiger charge is -2.29. The third kappa shape index (κ3) is 7.64. The molecule has 2 fully saturated rings. The Hall–Kier alpha value is -4.23. The van der Waals surface area contributed by atoms with E-state index in [0.717, 1.165) is 73.7 Å². The maximum Gasteiger partial charge on any atom is 0.306 e. The van der Waals surface area contributed by atoms with E-state index >= 15 is 0 Å². The minimum Gasteiger partial charge on any atom is -0.481 e. The maximum absolute atomic E-state index is 11.2. The number of piperidine rings is 1. The van der Waals surface area contributed by atoms with Crippen LogP contribution in [-0.4, -0.2) is 56.7 Å². The highest BCUT2D eigenvalue weighted by molar-refractivity contribution is 5.70. The van der Waals surface area contributed by atoms with Crippen LogP contribution in [0, 0.1) is 17.8 Å². The second kappa shape index (κ2) is 14.0. The molecule has 0 aliphatic carbocycles. The van der Waals surface area contributed by atoms with Crippen molar-refractivity contribution in [3.63, 3.8) is 0 Å². The van der Waals surface area contributed by atoms with Crippen LogP contribution in [0.5, 0.6) is 0 Å². The number of likely N-dealkylation sites (tertiary alicyclic amines) is 1. The Labute approximate surface area is 257 Å². The molecule has 4 aromatic rings. The van der Waals surface area contributed by atoms with Crippen LogP contribution in [0.2, 0.25) is 0 Å². The smallest absolute Gasteiger partial charge is 0.306 e. The Balaban J connectivity index is 1.02. The van der Waals surface area contributed by atoms with Gasteiger partial charge in [-0.2, -0.15) is 0 Å². The summed E-state index contributed by atoms with van der Waals surface area (Å²) in [6, 6.07) is 18.2. The normalized spacial score (nSPS) is 18.4. The summed E-state index contributed by atoms with van der Waals surface area (Å²) in [5, 5.41) is 13.5. The Morgan fingerprint density at radius 2 is 1.75 bits per heavy atom. The van der Waals surface area contributed by atoms with E-state index in [-0.39, 0.29) is 18.3 Å². The van der Waals surface area contributed by atoms with E-state index in [9.17, 15) is 9.90 Å². The summed E-state index contributed by atoms with van der Waals surface area (Å²) < 4.78 is 19.5. The van der Waals surface area contributed by atoms with Crippen LogP contribution in [0.15, 0.2) is 71.5 Å². The maximum atomic E-state index is 11.2. The standard InChI is InChI=1S/C35H38N4O5/c1-25(43-33-4-2-3-21-42-33)34-36-17-20-39(34)24-31-22-32(44-37-31)29-13-11-27(12-14-29)6-5-26-7-9-28(10-8-26)23-38-18-15-30(16-19-38)35(40)41/h7-14,17,20,22,25,30,33H,2-4,15-16,18-19,21,23-24H2,1H3,(H,40,41)/t25-,33?/m0/s1. The Kier molecular flexibility index (Phi) is 9.51. The third-order valence-electron chi connectivity index (χ3n) is 8.31. The quantitative estimate of drug-likeness (QED) is 0.240. The average Bonchev–Trinajstić information content (AvgIpc) is 3.72. The molecule has 0 saturated carbocycles. The molecular formula is C35H38N4O5. The average molecular weight is 595 g/mol. The Bertz CT molecular complexity index is 1580. The summed E-state index contributed by atoms with van der Waals surface area (Å²) in [7, 11) is 0. The van der Waals surface area contributed by atoms with Gasteiger partial charge in [-0.15, -0.1) is 0 Å². The summed E-state index contributed by atoms with van der Waals surface area (Å²) in [5.74, 6) is 7.14. The van der Waals surface area contributed by atoms with Crippen LogP contribution in [0.1, 0.15) is 73.3 Å². The Morgan fingerprint density at radius 1 is 1.02 bits per heavy atom. The predicted molar refractivity (Wildman–Crippen MR) is 164 cm³/mol. The molecule has 0 radical (unpaired) electrons. The van der Waals surface area contributed by atoms with Crippen LogP contribution in [-0.2, 0) is 27.4 Å². The lowest BCUT2D eigenvalue weighted by Crippen LogP contribution is -2.35. The number of rotatable bonds is 9. The fraction of sp³-hybridized carbons (Fsp3) is 0.400. The fourth-order valence-electron chi connectivity index (χ4n) is 5.77. The van der Waals surface area contributed by atoms with Crippen molar-refractivity contribution in [3.8, 4) is 23.2 Å². The lowest BCUT2D eigenvalue weighted by molar-refractivity contribution is -0.188. The number of hydrogen-bond donors (Lipinski definition) is 1. The van der Waals surface area contributed by atoms with E-state index < -0.39 is 5.97 Å². The van der Waals surface area contributed by atoms with E-state index in [0.29, 0.717) is 25.1 Å². The van der Waals surface area contributed by atoms with E-state index in [1.54, 1.807) is 6.20 Å². The van der Waals surface area contributed by atoms with Crippen molar-refractivity contribution < 1.29 is 23.9 Å². The largest absolute Gasteiger partial charge is 0.481 e. The fourth-order valence-corrected chi connectivity index (χ4v) is 5.77. The molecule has 9 nitrogen and oxygen atoms in total. The number of aliphatic carboxylic acids is 1. The molecule has 0 spiro atoms. The van der Waals surface area contributed by atoms with Gasteiger partial charge in [-0.3, -0.25) is 9.69 Å². The number of ether oxygens (including phenoxy) is 2. The highest BCUT2D eigenvalue weighted by Crippen LogP contribution is 2.25. The second-order valence-corrected chi connectivity index (χ2v) is 11.6. The molecule has 2 saturated heterocycles. The van der Waals surface area contributed by atoms with Gasteiger partial charge in [0.25, 0.3) is 0 Å². The molecule has 2 atom stereocenters. The molecular weight excluding hydrogens is 556 g/mol. The molecule has 2 aliphatic rings. The van der Waals surface area contributed by atoms with Gasteiger partial charge >= 0.3 is 5.97 Å². The number of carboxylic acids is 1. The van der Waals surface area contributed by atoms with E-state index in [1.807, 2.05) is 60.2 Å². The van der Waals surface area contributed by atoms with Crippen molar-refractivity contribution in [1.29, 1.82) is 0 Å². The zero-order valence-corrected chi connectivity index (χ0v) is 25.0. The van der Waals surface area contributed by atoms with E-state index in [2.05, 4.69) is 39.0 Å². The number of carboxylic acid groups (broad SMARTS) is 1. The molecule has 9 heteroatoms. The van der Waals surface area contributed by atoms with Crippen LogP contribution in [0.3, 0.4) is 0 Å². The van der Waals surface area contributed by atoms with Crippen molar-refractivity contribution in [3.05, 3.63) is 95.2 Å². The monoisotopic (exact) mass is 594 g/mol. The molecule has 1 unspecified atom stereocenters. The van der Waals surface area contributed by atoms with E-state index in [4.69, 9.17) is 14.0 Å². The van der Waals surface area contributed by atoms with Gasteiger partial charge in [-0.25, -0.2) is 4.98 Å². The first-order valence-corrected chi connectivity index (χ1v) is 15.4.